The maximum atomic E-state index is 4.41. The van der Waals surface area contributed by atoms with Gasteiger partial charge in [0.2, 0.25) is 0 Å². The van der Waals surface area contributed by atoms with Crippen LogP contribution in [-0.4, -0.2) is 12.3 Å². The lowest BCUT2D eigenvalue weighted by Gasteiger charge is -2.17. The lowest BCUT2D eigenvalue weighted by Crippen LogP contribution is -2.17. The molecule has 1 heteroatoms. The Labute approximate surface area is 70.2 Å². The van der Waals surface area contributed by atoms with Gasteiger partial charge in [0.1, 0.15) is 0 Å². The number of rotatable bonds is 2. The molecule has 0 bridgehead atoms. The van der Waals surface area contributed by atoms with Crippen molar-refractivity contribution in [3.63, 3.8) is 0 Å². The highest BCUT2D eigenvalue weighted by Crippen LogP contribution is 2.15. The lowest BCUT2D eigenvalue weighted by molar-refractivity contribution is 0.585. The van der Waals surface area contributed by atoms with Gasteiger partial charge in [0.05, 0.1) is 6.54 Å². The molecule has 0 saturated carbocycles. The molecule has 0 unspecified atom stereocenters. The molecule has 0 atom stereocenters. The molecule has 0 spiro atoms. The van der Waals surface area contributed by atoms with Crippen LogP contribution in [0.25, 0.3) is 0 Å². The van der Waals surface area contributed by atoms with Crippen molar-refractivity contribution >= 4 is 5.71 Å². The molecular weight excluding hydrogens is 134 g/mol. The van der Waals surface area contributed by atoms with E-state index >= 15 is 0 Å². The average molecular weight is 153 g/mol. The highest BCUT2D eigenvalue weighted by Gasteiger charge is 2.13. The Balaban J connectivity index is 4.12. The highest BCUT2D eigenvalue weighted by atomic mass is 14.7. The first-order valence-electron chi connectivity index (χ1n) is 4.00. The normalized spacial score (nSPS) is 13.4. The van der Waals surface area contributed by atoms with Crippen molar-refractivity contribution in [1.82, 2.24) is 0 Å². The van der Waals surface area contributed by atoms with E-state index in [2.05, 4.69) is 39.3 Å². The van der Waals surface area contributed by atoms with Crippen molar-refractivity contribution in [2.75, 3.05) is 6.54 Å². The Morgan fingerprint density at radius 3 is 2.00 bits per heavy atom. The number of hydrogen-bond donors (Lipinski definition) is 0. The summed E-state index contributed by atoms with van der Waals surface area (Å²) >= 11 is 0. The van der Waals surface area contributed by atoms with Crippen LogP contribution in [0.5, 0.6) is 0 Å². The van der Waals surface area contributed by atoms with E-state index in [-0.39, 0.29) is 5.41 Å². The molecule has 0 N–H and O–H groups in total. The summed E-state index contributed by atoms with van der Waals surface area (Å²) in [6, 6.07) is 0. The molecule has 0 fully saturated rings. The summed E-state index contributed by atoms with van der Waals surface area (Å²) in [5.41, 5.74) is 2.52. The molecule has 0 aromatic heterocycles. The smallest absolute Gasteiger partial charge is 0.0593 e. The number of nitrogens with zero attached hydrogens (tertiary/aromatic N) is 1. The van der Waals surface area contributed by atoms with Crippen molar-refractivity contribution in [3.05, 3.63) is 12.2 Å². The molecule has 0 aliphatic heterocycles. The van der Waals surface area contributed by atoms with Gasteiger partial charge in [-0.3, -0.25) is 4.99 Å². The molecule has 0 radical (unpaired) electrons. The van der Waals surface area contributed by atoms with Crippen LogP contribution in [0.4, 0.5) is 0 Å². The Morgan fingerprint density at radius 1 is 1.27 bits per heavy atom. The van der Waals surface area contributed by atoms with Gasteiger partial charge >= 0.3 is 0 Å². The second-order valence-corrected chi connectivity index (χ2v) is 4.11. The molecule has 0 aliphatic rings. The van der Waals surface area contributed by atoms with E-state index in [1.165, 1.54) is 5.71 Å². The largest absolute Gasteiger partial charge is 0.289 e. The summed E-state index contributed by atoms with van der Waals surface area (Å²) in [5, 5.41) is 0. The third-order valence-corrected chi connectivity index (χ3v) is 1.67. The van der Waals surface area contributed by atoms with E-state index in [0.29, 0.717) is 0 Å². The predicted molar refractivity (Wildman–Crippen MR) is 52.2 cm³/mol. The van der Waals surface area contributed by atoms with Crippen molar-refractivity contribution in [1.29, 1.82) is 0 Å². The molecule has 0 heterocycles. The van der Waals surface area contributed by atoms with Gasteiger partial charge in [-0.15, -0.1) is 0 Å². The van der Waals surface area contributed by atoms with Crippen LogP contribution < -0.4 is 0 Å². The summed E-state index contributed by atoms with van der Waals surface area (Å²) in [7, 11) is 0. The van der Waals surface area contributed by atoms with E-state index in [1.54, 1.807) is 0 Å². The fourth-order valence-corrected chi connectivity index (χ4v) is 0.491. The Morgan fingerprint density at radius 2 is 1.73 bits per heavy atom. The molecule has 11 heavy (non-hydrogen) atoms. The first-order valence-corrected chi connectivity index (χ1v) is 4.00. The van der Waals surface area contributed by atoms with E-state index in [4.69, 9.17) is 0 Å². The molecule has 0 saturated heterocycles. The summed E-state index contributed by atoms with van der Waals surface area (Å²) in [6.45, 7) is 15.2. The second kappa shape index (κ2) is 3.70. The van der Waals surface area contributed by atoms with E-state index in [0.717, 1.165) is 12.1 Å². The topological polar surface area (TPSA) is 12.4 Å². The van der Waals surface area contributed by atoms with E-state index < -0.39 is 0 Å². The van der Waals surface area contributed by atoms with Crippen molar-refractivity contribution < 1.29 is 0 Å². The highest BCUT2D eigenvalue weighted by molar-refractivity contribution is 5.86. The molecule has 0 amide bonds. The summed E-state index contributed by atoms with van der Waals surface area (Å²) in [5.74, 6) is 0. The van der Waals surface area contributed by atoms with Gasteiger partial charge in [0.15, 0.2) is 0 Å². The first kappa shape index (κ1) is 10.4. The fraction of sp³-hybridized carbons (Fsp3) is 0.700. The lowest BCUT2D eigenvalue weighted by atomic mass is 9.91. The molecular formula is C10H19N. The van der Waals surface area contributed by atoms with Gasteiger partial charge in [-0.25, -0.2) is 0 Å². The maximum absolute atomic E-state index is 4.41. The molecule has 0 rings (SSSR count). The Bertz CT molecular complexity index is 170. The van der Waals surface area contributed by atoms with Gasteiger partial charge in [0, 0.05) is 5.71 Å². The fourth-order valence-electron chi connectivity index (χ4n) is 0.491. The molecule has 1 nitrogen and oxygen atoms in total. The van der Waals surface area contributed by atoms with Crippen LogP contribution in [0.2, 0.25) is 0 Å². The standard InChI is InChI=1S/C10H19N/c1-8(2)7-11-9(3)10(4,5)6/h1,7H2,2-6H3/b11-9+. The zero-order valence-corrected chi connectivity index (χ0v) is 8.36. The monoisotopic (exact) mass is 153 g/mol. The molecule has 0 aromatic carbocycles. The first-order chi connectivity index (χ1) is 4.84. The predicted octanol–water partition coefficient (Wildman–Crippen LogP) is 3.07. The maximum Gasteiger partial charge on any atom is 0.0593 e. The molecule has 0 aromatic rings. The third-order valence-electron chi connectivity index (χ3n) is 1.67. The van der Waals surface area contributed by atoms with Gasteiger partial charge in [-0.2, -0.15) is 0 Å². The van der Waals surface area contributed by atoms with Crippen LogP contribution in [0.15, 0.2) is 17.1 Å². The van der Waals surface area contributed by atoms with E-state index in [1.807, 2.05) is 6.92 Å². The Hall–Kier alpha value is -0.590. The second-order valence-electron chi connectivity index (χ2n) is 4.11. The van der Waals surface area contributed by atoms with Crippen LogP contribution in [-0.2, 0) is 0 Å². The minimum absolute atomic E-state index is 0.204. The van der Waals surface area contributed by atoms with Crippen LogP contribution >= 0.6 is 0 Å². The third kappa shape index (κ3) is 4.77. The quantitative estimate of drug-likeness (QED) is 0.427. The SMILES string of the molecule is C=C(C)C/N=C(\C)C(C)(C)C. The van der Waals surface area contributed by atoms with Gasteiger partial charge in [-0.1, -0.05) is 32.9 Å². The van der Waals surface area contributed by atoms with E-state index in [9.17, 15) is 0 Å². The molecule has 64 valence electrons. The Kier molecular flexibility index (Phi) is 3.50. The van der Waals surface area contributed by atoms with Crippen molar-refractivity contribution in [3.8, 4) is 0 Å². The number of hydrogen-bond acceptors (Lipinski definition) is 1. The van der Waals surface area contributed by atoms with Crippen LogP contribution in [0.1, 0.15) is 34.6 Å². The minimum Gasteiger partial charge on any atom is -0.289 e. The van der Waals surface area contributed by atoms with Gasteiger partial charge < -0.3 is 0 Å². The average Bonchev–Trinajstić information content (AvgIpc) is 1.80. The summed E-state index contributed by atoms with van der Waals surface area (Å²) in [6.07, 6.45) is 0. The van der Waals surface area contributed by atoms with Crippen LogP contribution in [0, 0.1) is 5.41 Å². The summed E-state index contributed by atoms with van der Waals surface area (Å²) < 4.78 is 0. The zero-order chi connectivity index (χ0) is 9.07. The minimum atomic E-state index is 0.204. The molecule has 0 aliphatic carbocycles. The zero-order valence-electron chi connectivity index (χ0n) is 8.36. The number of aliphatic imine (C=N–C) groups is 1. The summed E-state index contributed by atoms with van der Waals surface area (Å²) in [4.78, 5) is 4.41. The van der Waals surface area contributed by atoms with Gasteiger partial charge in [-0.05, 0) is 19.3 Å². The van der Waals surface area contributed by atoms with Gasteiger partial charge in [0.25, 0.3) is 0 Å². The van der Waals surface area contributed by atoms with Crippen LogP contribution in [0.3, 0.4) is 0 Å². The van der Waals surface area contributed by atoms with Crippen molar-refractivity contribution in [2.45, 2.75) is 34.6 Å². The van der Waals surface area contributed by atoms with Crippen molar-refractivity contribution in [2.24, 2.45) is 10.4 Å².